The minimum Gasteiger partial charge on any atom is -0.458 e. The van der Waals surface area contributed by atoms with Crippen LogP contribution in [0.2, 0.25) is 5.02 Å². The Hall–Kier alpha value is -1.89. The second-order valence-electron chi connectivity index (χ2n) is 4.46. The van der Waals surface area contributed by atoms with Crippen LogP contribution >= 0.6 is 11.6 Å². The quantitative estimate of drug-likeness (QED) is 0.861. The van der Waals surface area contributed by atoms with Gasteiger partial charge in [-0.1, -0.05) is 11.6 Å². The third kappa shape index (κ3) is 4.06. The molecule has 1 fully saturated rings. The maximum absolute atomic E-state index is 11.8. The number of hydrogen-bond acceptors (Lipinski definition) is 5. The molecule has 0 aromatic carbocycles. The number of likely N-dealkylation sites (tertiary alicyclic amines) is 1. The standard InChI is InChI=1S/C12H15ClN4O3/c1-8(18)14-6-11(19)17-3-2-10(7-17)20-12-15-4-9(13)5-16-12/h4-5,10H,2-3,6-7H2,1H3,(H,14,18)/t10-/m0/s1. The Labute approximate surface area is 121 Å². The number of aromatic nitrogens is 2. The number of ether oxygens (including phenoxy) is 1. The van der Waals surface area contributed by atoms with E-state index in [1.165, 1.54) is 19.3 Å². The van der Waals surface area contributed by atoms with Crippen molar-refractivity contribution in [1.29, 1.82) is 0 Å². The van der Waals surface area contributed by atoms with Crippen molar-refractivity contribution in [2.45, 2.75) is 19.4 Å². The first kappa shape index (κ1) is 14.5. The van der Waals surface area contributed by atoms with Gasteiger partial charge < -0.3 is 15.0 Å². The van der Waals surface area contributed by atoms with Crippen LogP contribution in [0.15, 0.2) is 12.4 Å². The van der Waals surface area contributed by atoms with Crippen LogP contribution in [0.3, 0.4) is 0 Å². The van der Waals surface area contributed by atoms with Crippen molar-refractivity contribution in [2.75, 3.05) is 19.6 Å². The minimum atomic E-state index is -0.222. The van der Waals surface area contributed by atoms with Crippen molar-refractivity contribution < 1.29 is 14.3 Å². The molecule has 1 aromatic rings. The van der Waals surface area contributed by atoms with E-state index in [-0.39, 0.29) is 30.5 Å². The fourth-order valence-corrected chi connectivity index (χ4v) is 1.97. The molecule has 108 valence electrons. The number of halogens is 1. The molecule has 7 nitrogen and oxygen atoms in total. The summed E-state index contributed by atoms with van der Waals surface area (Å²) < 4.78 is 5.57. The number of nitrogens with one attached hydrogen (secondary N) is 1. The zero-order chi connectivity index (χ0) is 14.5. The average Bonchev–Trinajstić information content (AvgIpc) is 2.87. The van der Waals surface area contributed by atoms with Gasteiger partial charge in [0.15, 0.2) is 0 Å². The third-order valence-electron chi connectivity index (χ3n) is 2.85. The van der Waals surface area contributed by atoms with Crippen LogP contribution in [0.4, 0.5) is 0 Å². The van der Waals surface area contributed by atoms with Gasteiger partial charge in [0.05, 0.1) is 30.5 Å². The summed E-state index contributed by atoms with van der Waals surface area (Å²) in [6.07, 6.45) is 3.48. The Bertz CT molecular complexity index is 494. The highest BCUT2D eigenvalue weighted by Gasteiger charge is 2.28. The normalized spacial score (nSPS) is 17.9. The highest BCUT2D eigenvalue weighted by Crippen LogP contribution is 2.15. The smallest absolute Gasteiger partial charge is 0.316 e. The maximum Gasteiger partial charge on any atom is 0.316 e. The largest absolute Gasteiger partial charge is 0.458 e. The van der Waals surface area contributed by atoms with E-state index in [9.17, 15) is 9.59 Å². The van der Waals surface area contributed by atoms with E-state index in [2.05, 4.69) is 15.3 Å². The van der Waals surface area contributed by atoms with Crippen molar-refractivity contribution in [3.05, 3.63) is 17.4 Å². The summed E-state index contributed by atoms with van der Waals surface area (Å²) in [6.45, 7) is 2.45. The van der Waals surface area contributed by atoms with E-state index < -0.39 is 0 Å². The Morgan fingerprint density at radius 3 is 2.85 bits per heavy atom. The molecule has 2 heterocycles. The number of nitrogens with zero attached hydrogens (tertiary/aromatic N) is 3. The number of hydrogen-bond donors (Lipinski definition) is 1. The first-order valence-corrected chi connectivity index (χ1v) is 6.59. The van der Waals surface area contributed by atoms with Crippen LogP contribution in [0.25, 0.3) is 0 Å². The fraction of sp³-hybridized carbons (Fsp3) is 0.500. The summed E-state index contributed by atoms with van der Waals surface area (Å²) in [5.74, 6) is -0.344. The molecule has 20 heavy (non-hydrogen) atoms. The van der Waals surface area contributed by atoms with E-state index in [0.717, 1.165) is 0 Å². The van der Waals surface area contributed by atoms with Gasteiger partial charge in [-0.15, -0.1) is 0 Å². The Balaban J connectivity index is 1.81. The lowest BCUT2D eigenvalue weighted by Crippen LogP contribution is -2.39. The minimum absolute atomic E-state index is 0.0134. The maximum atomic E-state index is 11.8. The van der Waals surface area contributed by atoms with Gasteiger partial charge in [0.25, 0.3) is 0 Å². The van der Waals surface area contributed by atoms with E-state index in [4.69, 9.17) is 16.3 Å². The van der Waals surface area contributed by atoms with Crippen LogP contribution in [-0.4, -0.2) is 52.4 Å². The van der Waals surface area contributed by atoms with Crippen molar-refractivity contribution in [3.63, 3.8) is 0 Å². The molecule has 1 saturated heterocycles. The lowest BCUT2D eigenvalue weighted by Gasteiger charge is -2.16. The second kappa shape index (κ2) is 6.51. The van der Waals surface area contributed by atoms with Gasteiger partial charge in [-0.2, -0.15) is 0 Å². The van der Waals surface area contributed by atoms with E-state index >= 15 is 0 Å². The van der Waals surface area contributed by atoms with Crippen molar-refractivity contribution in [2.24, 2.45) is 0 Å². The predicted molar refractivity (Wildman–Crippen MR) is 71.3 cm³/mol. The van der Waals surface area contributed by atoms with Crippen molar-refractivity contribution in [1.82, 2.24) is 20.2 Å². The molecule has 0 radical (unpaired) electrons. The molecule has 2 amide bonds. The zero-order valence-electron chi connectivity index (χ0n) is 11.0. The van der Waals surface area contributed by atoms with Crippen LogP contribution < -0.4 is 10.1 Å². The third-order valence-corrected chi connectivity index (χ3v) is 3.05. The number of carbonyl (C=O) groups is 2. The molecule has 0 spiro atoms. The SMILES string of the molecule is CC(=O)NCC(=O)N1CC[C@H](Oc2ncc(Cl)cn2)C1. The van der Waals surface area contributed by atoms with Crippen LogP contribution in [-0.2, 0) is 9.59 Å². The summed E-state index contributed by atoms with van der Waals surface area (Å²) in [6, 6.07) is 0.246. The molecule has 1 aromatic heterocycles. The molecule has 0 bridgehead atoms. The number of rotatable bonds is 4. The van der Waals surface area contributed by atoms with Crippen LogP contribution in [0.1, 0.15) is 13.3 Å². The molecule has 2 rings (SSSR count). The molecule has 1 aliphatic heterocycles. The zero-order valence-corrected chi connectivity index (χ0v) is 11.8. The summed E-state index contributed by atoms with van der Waals surface area (Å²) in [5.41, 5.74) is 0. The molecule has 1 N–H and O–H groups in total. The number of amides is 2. The molecule has 0 unspecified atom stereocenters. The van der Waals surface area contributed by atoms with Gasteiger partial charge in [-0.25, -0.2) is 9.97 Å². The van der Waals surface area contributed by atoms with Crippen molar-refractivity contribution >= 4 is 23.4 Å². The summed E-state index contributed by atoms with van der Waals surface area (Å²) in [5, 5.41) is 2.92. The lowest BCUT2D eigenvalue weighted by atomic mass is 10.3. The molecule has 1 atom stereocenters. The lowest BCUT2D eigenvalue weighted by molar-refractivity contribution is -0.131. The molecule has 1 aliphatic rings. The molecule has 0 saturated carbocycles. The van der Waals surface area contributed by atoms with E-state index in [1.807, 2.05) is 0 Å². The summed E-state index contributed by atoms with van der Waals surface area (Å²) >= 11 is 5.69. The van der Waals surface area contributed by atoms with E-state index in [1.54, 1.807) is 4.90 Å². The topological polar surface area (TPSA) is 84.4 Å². The first-order valence-electron chi connectivity index (χ1n) is 6.21. The summed E-state index contributed by atoms with van der Waals surface area (Å²) in [4.78, 5) is 32.1. The predicted octanol–water partition coefficient (Wildman–Crippen LogP) is 0.246. The van der Waals surface area contributed by atoms with E-state index in [0.29, 0.717) is 24.5 Å². The van der Waals surface area contributed by atoms with Gasteiger partial charge in [0.2, 0.25) is 11.8 Å². The Kier molecular flexibility index (Phi) is 4.73. The van der Waals surface area contributed by atoms with Gasteiger partial charge in [0.1, 0.15) is 6.10 Å². The van der Waals surface area contributed by atoms with Gasteiger partial charge >= 0.3 is 6.01 Å². The first-order chi connectivity index (χ1) is 9.54. The van der Waals surface area contributed by atoms with Gasteiger partial charge in [-0.05, 0) is 0 Å². The summed E-state index contributed by atoms with van der Waals surface area (Å²) in [7, 11) is 0. The molecule has 8 heteroatoms. The highest BCUT2D eigenvalue weighted by atomic mass is 35.5. The average molecular weight is 299 g/mol. The van der Waals surface area contributed by atoms with Gasteiger partial charge in [0, 0.05) is 19.9 Å². The highest BCUT2D eigenvalue weighted by molar-refractivity contribution is 6.30. The fourth-order valence-electron chi connectivity index (χ4n) is 1.87. The molecule has 0 aliphatic carbocycles. The molecular weight excluding hydrogens is 284 g/mol. The second-order valence-corrected chi connectivity index (χ2v) is 4.90. The number of carbonyl (C=O) groups excluding carboxylic acids is 2. The van der Waals surface area contributed by atoms with Crippen LogP contribution in [0, 0.1) is 0 Å². The van der Waals surface area contributed by atoms with Crippen molar-refractivity contribution in [3.8, 4) is 6.01 Å². The Morgan fingerprint density at radius 1 is 1.50 bits per heavy atom. The van der Waals surface area contributed by atoms with Gasteiger partial charge in [-0.3, -0.25) is 9.59 Å². The van der Waals surface area contributed by atoms with Crippen LogP contribution in [0.5, 0.6) is 6.01 Å². The molecular formula is C12H15ClN4O3. The Morgan fingerprint density at radius 2 is 2.20 bits per heavy atom. The monoisotopic (exact) mass is 298 g/mol.